The summed E-state index contributed by atoms with van der Waals surface area (Å²) in [4.78, 5) is 10.8. The first-order chi connectivity index (χ1) is 7.15. The summed E-state index contributed by atoms with van der Waals surface area (Å²) in [7, 11) is 0. The Bertz CT molecular complexity index is 315. The Hall–Kier alpha value is -1.16. The van der Waals surface area contributed by atoms with Gasteiger partial charge in [-0.3, -0.25) is 0 Å². The van der Waals surface area contributed by atoms with Crippen molar-refractivity contribution in [1.82, 2.24) is 9.97 Å². The van der Waals surface area contributed by atoms with Gasteiger partial charge in [0.05, 0.1) is 12.2 Å². The third kappa shape index (κ3) is 2.45. The van der Waals surface area contributed by atoms with E-state index in [1.807, 2.05) is 19.3 Å². The quantitative estimate of drug-likeness (QED) is 0.697. The van der Waals surface area contributed by atoms with E-state index in [0.29, 0.717) is 0 Å². The van der Waals surface area contributed by atoms with E-state index >= 15 is 0 Å². The van der Waals surface area contributed by atoms with Crippen LogP contribution in [0.15, 0.2) is 12.4 Å². The standard InChI is InChI=1S/C11H17N3O/c1-8-4-12-11(13-5-8)14-6-9(2)15-10(3)7-14/h4-5,9-10H,6-7H2,1-3H3. The lowest BCUT2D eigenvalue weighted by atomic mass is 10.2. The molecule has 0 N–H and O–H groups in total. The van der Waals surface area contributed by atoms with Crippen LogP contribution in [0.1, 0.15) is 19.4 Å². The summed E-state index contributed by atoms with van der Waals surface area (Å²) in [6.07, 6.45) is 4.21. The van der Waals surface area contributed by atoms with Crippen LogP contribution in [0.5, 0.6) is 0 Å². The first-order valence-corrected chi connectivity index (χ1v) is 5.34. The highest BCUT2D eigenvalue weighted by Gasteiger charge is 2.23. The molecule has 82 valence electrons. The third-order valence-corrected chi connectivity index (χ3v) is 2.47. The molecule has 2 heterocycles. The highest BCUT2D eigenvalue weighted by Crippen LogP contribution is 2.15. The van der Waals surface area contributed by atoms with Crippen molar-refractivity contribution in [2.75, 3.05) is 18.0 Å². The SMILES string of the molecule is Cc1cnc(N2CC(C)OC(C)C2)nc1. The molecule has 0 amide bonds. The molecule has 0 bridgehead atoms. The van der Waals surface area contributed by atoms with Gasteiger partial charge in [-0.1, -0.05) is 0 Å². The highest BCUT2D eigenvalue weighted by atomic mass is 16.5. The highest BCUT2D eigenvalue weighted by molar-refractivity contribution is 5.30. The van der Waals surface area contributed by atoms with Gasteiger partial charge in [0, 0.05) is 25.5 Å². The van der Waals surface area contributed by atoms with Gasteiger partial charge >= 0.3 is 0 Å². The largest absolute Gasteiger partial charge is 0.372 e. The number of nitrogens with zero attached hydrogens (tertiary/aromatic N) is 3. The molecule has 1 aliphatic heterocycles. The van der Waals surface area contributed by atoms with Crippen LogP contribution in [0.4, 0.5) is 5.95 Å². The molecule has 0 saturated carbocycles. The fourth-order valence-electron chi connectivity index (χ4n) is 1.89. The Balaban J connectivity index is 2.12. The molecule has 0 spiro atoms. The van der Waals surface area contributed by atoms with E-state index in [1.165, 1.54) is 0 Å². The number of anilines is 1. The molecule has 2 rings (SSSR count). The van der Waals surface area contributed by atoms with E-state index in [9.17, 15) is 0 Å². The Morgan fingerprint density at radius 1 is 1.20 bits per heavy atom. The van der Waals surface area contributed by atoms with Crippen molar-refractivity contribution < 1.29 is 4.74 Å². The molecule has 2 unspecified atom stereocenters. The van der Waals surface area contributed by atoms with Crippen molar-refractivity contribution in [2.24, 2.45) is 0 Å². The second kappa shape index (κ2) is 4.14. The summed E-state index contributed by atoms with van der Waals surface area (Å²) in [6, 6.07) is 0. The molecule has 0 radical (unpaired) electrons. The van der Waals surface area contributed by atoms with Gasteiger partial charge < -0.3 is 9.64 Å². The van der Waals surface area contributed by atoms with E-state index in [2.05, 4.69) is 28.7 Å². The van der Waals surface area contributed by atoms with Gasteiger partial charge in [-0.2, -0.15) is 0 Å². The monoisotopic (exact) mass is 207 g/mol. The number of hydrogen-bond acceptors (Lipinski definition) is 4. The molecule has 4 heteroatoms. The normalized spacial score (nSPS) is 26.7. The topological polar surface area (TPSA) is 38.2 Å². The van der Waals surface area contributed by atoms with Crippen LogP contribution in [0, 0.1) is 6.92 Å². The number of ether oxygens (including phenoxy) is 1. The van der Waals surface area contributed by atoms with Crippen molar-refractivity contribution >= 4 is 5.95 Å². The van der Waals surface area contributed by atoms with Crippen LogP contribution in [0.25, 0.3) is 0 Å². The van der Waals surface area contributed by atoms with E-state index in [4.69, 9.17) is 4.74 Å². The van der Waals surface area contributed by atoms with Crippen LogP contribution in [0.2, 0.25) is 0 Å². The molecule has 1 saturated heterocycles. The zero-order chi connectivity index (χ0) is 10.8. The Morgan fingerprint density at radius 3 is 2.27 bits per heavy atom. The molecular weight excluding hydrogens is 190 g/mol. The first kappa shape index (κ1) is 10.4. The summed E-state index contributed by atoms with van der Waals surface area (Å²) in [5.74, 6) is 0.808. The van der Waals surface area contributed by atoms with Crippen LogP contribution >= 0.6 is 0 Å². The maximum absolute atomic E-state index is 5.66. The fraction of sp³-hybridized carbons (Fsp3) is 0.636. The molecule has 1 aliphatic rings. The number of aryl methyl sites for hydroxylation is 1. The molecule has 15 heavy (non-hydrogen) atoms. The van der Waals surface area contributed by atoms with Gasteiger partial charge in [-0.15, -0.1) is 0 Å². The third-order valence-electron chi connectivity index (χ3n) is 2.47. The first-order valence-electron chi connectivity index (χ1n) is 5.34. The Labute approximate surface area is 90.3 Å². The summed E-state index contributed by atoms with van der Waals surface area (Å²) in [5.41, 5.74) is 1.09. The maximum atomic E-state index is 5.66. The van der Waals surface area contributed by atoms with Gasteiger partial charge in [0.25, 0.3) is 0 Å². The number of aromatic nitrogens is 2. The van der Waals surface area contributed by atoms with Gasteiger partial charge in [0.15, 0.2) is 0 Å². The van der Waals surface area contributed by atoms with Crippen molar-refractivity contribution in [1.29, 1.82) is 0 Å². The average Bonchev–Trinajstić information content (AvgIpc) is 2.17. The van der Waals surface area contributed by atoms with Crippen LogP contribution in [-0.2, 0) is 4.74 Å². The molecular formula is C11H17N3O. The van der Waals surface area contributed by atoms with E-state index in [1.54, 1.807) is 0 Å². The van der Waals surface area contributed by atoms with E-state index < -0.39 is 0 Å². The minimum Gasteiger partial charge on any atom is -0.372 e. The molecule has 0 aromatic carbocycles. The summed E-state index contributed by atoms with van der Waals surface area (Å²) in [5, 5.41) is 0. The maximum Gasteiger partial charge on any atom is 0.225 e. The van der Waals surface area contributed by atoms with Crippen molar-refractivity contribution in [3.8, 4) is 0 Å². The molecule has 2 atom stereocenters. The predicted octanol–water partition coefficient (Wildman–Crippen LogP) is 1.40. The number of morpholine rings is 1. The Morgan fingerprint density at radius 2 is 1.73 bits per heavy atom. The van der Waals surface area contributed by atoms with Gasteiger partial charge in [0.1, 0.15) is 0 Å². The lowest BCUT2D eigenvalue weighted by Crippen LogP contribution is -2.46. The average molecular weight is 207 g/mol. The number of hydrogen-bond donors (Lipinski definition) is 0. The summed E-state index contributed by atoms with van der Waals surface area (Å²) in [6.45, 7) is 7.89. The fourth-order valence-corrected chi connectivity index (χ4v) is 1.89. The Kier molecular flexibility index (Phi) is 2.86. The van der Waals surface area contributed by atoms with Crippen LogP contribution in [-0.4, -0.2) is 35.3 Å². The van der Waals surface area contributed by atoms with E-state index in [-0.39, 0.29) is 12.2 Å². The molecule has 0 aliphatic carbocycles. The molecule has 1 aromatic rings. The minimum absolute atomic E-state index is 0.249. The van der Waals surface area contributed by atoms with Crippen molar-refractivity contribution in [3.63, 3.8) is 0 Å². The van der Waals surface area contributed by atoms with Gasteiger partial charge in [-0.05, 0) is 26.3 Å². The second-order valence-electron chi connectivity index (χ2n) is 4.22. The molecule has 1 aromatic heterocycles. The molecule has 4 nitrogen and oxygen atoms in total. The van der Waals surface area contributed by atoms with Crippen LogP contribution in [0.3, 0.4) is 0 Å². The predicted molar refractivity (Wildman–Crippen MR) is 59.0 cm³/mol. The van der Waals surface area contributed by atoms with Gasteiger partial charge in [-0.25, -0.2) is 9.97 Å². The lowest BCUT2D eigenvalue weighted by Gasteiger charge is -2.35. The zero-order valence-corrected chi connectivity index (χ0v) is 9.47. The van der Waals surface area contributed by atoms with E-state index in [0.717, 1.165) is 24.6 Å². The summed E-state index contributed by atoms with van der Waals surface area (Å²) < 4.78 is 5.66. The molecule has 1 fully saturated rings. The number of rotatable bonds is 1. The van der Waals surface area contributed by atoms with Crippen molar-refractivity contribution in [2.45, 2.75) is 33.0 Å². The second-order valence-corrected chi connectivity index (χ2v) is 4.22. The van der Waals surface area contributed by atoms with Crippen molar-refractivity contribution in [3.05, 3.63) is 18.0 Å². The lowest BCUT2D eigenvalue weighted by molar-refractivity contribution is -0.00572. The van der Waals surface area contributed by atoms with Crippen LogP contribution < -0.4 is 4.90 Å². The smallest absolute Gasteiger partial charge is 0.225 e. The minimum atomic E-state index is 0.249. The van der Waals surface area contributed by atoms with Gasteiger partial charge in [0.2, 0.25) is 5.95 Å². The zero-order valence-electron chi connectivity index (χ0n) is 9.47. The summed E-state index contributed by atoms with van der Waals surface area (Å²) >= 11 is 0.